The summed E-state index contributed by atoms with van der Waals surface area (Å²) in [6.07, 6.45) is 0. The van der Waals surface area contributed by atoms with Gasteiger partial charge in [0.1, 0.15) is 6.04 Å². The van der Waals surface area contributed by atoms with Crippen LogP contribution < -0.4 is 4.72 Å². The van der Waals surface area contributed by atoms with Crippen molar-refractivity contribution >= 4 is 27.6 Å². The van der Waals surface area contributed by atoms with Crippen molar-refractivity contribution in [1.82, 2.24) is 4.90 Å². The number of anilines is 1. The number of hydrogen-bond donors (Lipinski definition) is 1. The predicted octanol–water partition coefficient (Wildman–Crippen LogP) is 4.18. The van der Waals surface area contributed by atoms with E-state index in [1.165, 1.54) is 31.4 Å². The first-order chi connectivity index (χ1) is 17.1. The summed E-state index contributed by atoms with van der Waals surface area (Å²) in [6.45, 7) is 4.06. The molecule has 1 heterocycles. The maximum atomic E-state index is 13.0. The molecule has 0 bridgehead atoms. The monoisotopic (exact) mass is 503 g/mol. The third kappa shape index (κ3) is 4.81. The van der Waals surface area contributed by atoms with Gasteiger partial charge in [-0.15, -0.1) is 0 Å². The molecule has 1 N–H and O–H groups in total. The van der Waals surface area contributed by atoms with Crippen molar-refractivity contribution in [2.45, 2.75) is 31.3 Å². The Morgan fingerprint density at radius 2 is 1.67 bits per heavy atom. The van der Waals surface area contributed by atoms with Crippen LogP contribution in [0.4, 0.5) is 5.69 Å². The molecule has 4 rings (SSSR count). The van der Waals surface area contributed by atoms with E-state index >= 15 is 0 Å². The molecule has 0 spiro atoms. The van der Waals surface area contributed by atoms with Gasteiger partial charge in [0, 0.05) is 17.8 Å². The Balaban J connectivity index is 1.53. The zero-order valence-corrected chi connectivity index (χ0v) is 20.9. The molecular formula is C27H25N3O5S. The fourth-order valence-corrected chi connectivity index (χ4v) is 5.34. The van der Waals surface area contributed by atoms with Crippen molar-refractivity contribution in [1.29, 1.82) is 5.26 Å². The summed E-state index contributed by atoms with van der Waals surface area (Å²) in [6, 6.07) is 19.4. The minimum absolute atomic E-state index is 0.0603. The topological polar surface area (TPSA) is 117 Å². The average Bonchev–Trinajstić information content (AvgIpc) is 3.19. The molecule has 0 radical (unpaired) electrons. The quantitative estimate of drug-likeness (QED) is 0.484. The number of sulfonamides is 1. The SMILES string of the molecule is COC(=O)[C@H](C(C)C)N1Cc2cc(-c3ccc(NS(=O)(=O)c4ccc(C#N)cc4)cc3)ccc2C1=O. The molecule has 0 unspecified atom stereocenters. The molecule has 0 fully saturated rings. The van der Waals surface area contributed by atoms with Gasteiger partial charge in [-0.25, -0.2) is 13.2 Å². The van der Waals surface area contributed by atoms with Crippen LogP contribution in [0.15, 0.2) is 71.6 Å². The highest BCUT2D eigenvalue weighted by Gasteiger charge is 2.38. The van der Waals surface area contributed by atoms with Crippen LogP contribution in [0.2, 0.25) is 0 Å². The smallest absolute Gasteiger partial charge is 0.328 e. The Kier molecular flexibility index (Phi) is 6.82. The van der Waals surface area contributed by atoms with Crippen LogP contribution in [0.5, 0.6) is 0 Å². The molecule has 9 heteroatoms. The number of carbonyl (C=O) groups excluding carboxylic acids is 2. The first-order valence-electron chi connectivity index (χ1n) is 11.3. The van der Waals surface area contributed by atoms with Crippen molar-refractivity contribution in [2.24, 2.45) is 5.92 Å². The molecule has 1 atom stereocenters. The fraction of sp³-hybridized carbons (Fsp3) is 0.222. The van der Waals surface area contributed by atoms with Gasteiger partial charge < -0.3 is 9.64 Å². The van der Waals surface area contributed by atoms with Gasteiger partial charge in [0.15, 0.2) is 0 Å². The lowest BCUT2D eigenvalue weighted by molar-refractivity contribution is -0.147. The number of hydrogen-bond acceptors (Lipinski definition) is 6. The Morgan fingerprint density at radius 3 is 2.25 bits per heavy atom. The Hall–Kier alpha value is -4.16. The largest absolute Gasteiger partial charge is 0.467 e. The highest BCUT2D eigenvalue weighted by atomic mass is 32.2. The van der Waals surface area contributed by atoms with Gasteiger partial charge in [-0.3, -0.25) is 9.52 Å². The Morgan fingerprint density at radius 1 is 1.03 bits per heavy atom. The number of benzene rings is 3. The minimum Gasteiger partial charge on any atom is -0.467 e. The number of esters is 1. The molecule has 3 aromatic carbocycles. The molecule has 184 valence electrons. The van der Waals surface area contributed by atoms with Crippen molar-refractivity contribution < 1.29 is 22.7 Å². The van der Waals surface area contributed by atoms with Crippen molar-refractivity contribution in [3.63, 3.8) is 0 Å². The zero-order valence-electron chi connectivity index (χ0n) is 20.1. The van der Waals surface area contributed by atoms with E-state index in [-0.39, 0.29) is 16.7 Å². The lowest BCUT2D eigenvalue weighted by Gasteiger charge is -2.28. The van der Waals surface area contributed by atoms with Crippen LogP contribution in [0.1, 0.15) is 35.3 Å². The van der Waals surface area contributed by atoms with Gasteiger partial charge in [-0.2, -0.15) is 5.26 Å². The van der Waals surface area contributed by atoms with E-state index in [0.717, 1.165) is 16.7 Å². The van der Waals surface area contributed by atoms with Crippen molar-refractivity contribution in [3.8, 4) is 17.2 Å². The summed E-state index contributed by atoms with van der Waals surface area (Å²) in [5.74, 6) is -0.741. The molecule has 0 saturated heterocycles. The van der Waals surface area contributed by atoms with Crippen molar-refractivity contribution in [3.05, 3.63) is 83.4 Å². The predicted molar refractivity (Wildman–Crippen MR) is 134 cm³/mol. The summed E-state index contributed by atoms with van der Waals surface area (Å²) in [7, 11) is -2.48. The van der Waals surface area contributed by atoms with Gasteiger partial charge in [0.2, 0.25) is 0 Å². The highest BCUT2D eigenvalue weighted by Crippen LogP contribution is 2.32. The van der Waals surface area contributed by atoms with E-state index in [4.69, 9.17) is 10.00 Å². The minimum atomic E-state index is -3.80. The normalized spacial score (nSPS) is 13.8. The Labute approximate surface area is 210 Å². The summed E-state index contributed by atoms with van der Waals surface area (Å²) in [5.41, 5.74) is 3.85. The van der Waals surface area contributed by atoms with Crippen LogP contribution in [-0.4, -0.2) is 38.3 Å². The van der Waals surface area contributed by atoms with Gasteiger partial charge in [-0.1, -0.05) is 32.0 Å². The molecule has 0 aliphatic carbocycles. The molecule has 8 nitrogen and oxygen atoms in total. The van der Waals surface area contributed by atoms with Crippen LogP contribution in [-0.2, 0) is 26.1 Å². The molecule has 3 aromatic rings. The second-order valence-corrected chi connectivity index (χ2v) is 10.5. The highest BCUT2D eigenvalue weighted by molar-refractivity contribution is 7.92. The van der Waals surface area contributed by atoms with E-state index in [1.807, 2.05) is 32.0 Å². The number of fused-ring (bicyclic) bond motifs is 1. The third-order valence-corrected chi connectivity index (χ3v) is 7.51. The number of nitrogens with one attached hydrogen (secondary N) is 1. The molecule has 1 aliphatic rings. The molecule has 0 aromatic heterocycles. The first-order valence-corrected chi connectivity index (χ1v) is 12.8. The molecule has 1 amide bonds. The average molecular weight is 504 g/mol. The second kappa shape index (κ2) is 9.84. The summed E-state index contributed by atoms with van der Waals surface area (Å²) >= 11 is 0. The molecule has 1 aliphatic heterocycles. The molecular weight excluding hydrogens is 478 g/mol. The van der Waals surface area contributed by atoms with Gasteiger partial charge in [0.25, 0.3) is 15.9 Å². The molecule has 36 heavy (non-hydrogen) atoms. The molecule has 0 saturated carbocycles. The number of methoxy groups -OCH3 is 1. The number of rotatable bonds is 7. The summed E-state index contributed by atoms with van der Waals surface area (Å²) in [4.78, 5) is 26.9. The maximum Gasteiger partial charge on any atom is 0.328 e. The van der Waals surface area contributed by atoms with E-state index < -0.39 is 22.0 Å². The van der Waals surface area contributed by atoms with Gasteiger partial charge in [-0.05, 0) is 71.1 Å². The van der Waals surface area contributed by atoms with Crippen LogP contribution in [0, 0.1) is 17.2 Å². The van der Waals surface area contributed by atoms with Gasteiger partial charge in [0.05, 0.1) is 23.6 Å². The van der Waals surface area contributed by atoms with E-state index in [2.05, 4.69) is 4.72 Å². The number of nitriles is 1. The fourth-order valence-electron chi connectivity index (χ4n) is 4.28. The van der Waals surface area contributed by atoms with Crippen LogP contribution in [0.3, 0.4) is 0 Å². The Bertz CT molecular complexity index is 1460. The third-order valence-electron chi connectivity index (χ3n) is 6.11. The number of amides is 1. The van der Waals surface area contributed by atoms with Gasteiger partial charge >= 0.3 is 5.97 Å². The summed E-state index contributed by atoms with van der Waals surface area (Å²) < 4.78 is 32.8. The summed E-state index contributed by atoms with van der Waals surface area (Å²) in [5, 5.41) is 8.89. The maximum absolute atomic E-state index is 13.0. The van der Waals surface area contributed by atoms with E-state index in [9.17, 15) is 18.0 Å². The lowest BCUT2D eigenvalue weighted by Crippen LogP contribution is -2.45. The number of nitrogens with zero attached hydrogens (tertiary/aromatic N) is 2. The van der Waals surface area contributed by atoms with Crippen molar-refractivity contribution in [2.75, 3.05) is 11.8 Å². The van der Waals surface area contributed by atoms with E-state index in [1.54, 1.807) is 35.2 Å². The second-order valence-electron chi connectivity index (χ2n) is 8.84. The zero-order chi connectivity index (χ0) is 26.0. The van der Waals surface area contributed by atoms with Crippen LogP contribution >= 0.6 is 0 Å². The van der Waals surface area contributed by atoms with Crippen LogP contribution in [0.25, 0.3) is 11.1 Å². The first kappa shape index (κ1) is 24.9. The standard InChI is InChI=1S/C27H25N3O5S/c1-17(2)25(27(32)35-3)30-16-21-14-20(8-13-24(21)26(30)31)19-6-9-22(10-7-19)29-36(33,34)23-11-4-18(15-28)5-12-23/h4-14,17,25,29H,16H2,1-3H3/t25-/m0/s1. The number of carbonyl (C=O) groups is 2. The lowest BCUT2D eigenvalue weighted by atomic mass is 10.0. The van der Waals surface area contributed by atoms with E-state index in [0.29, 0.717) is 23.4 Å². The number of ether oxygens (including phenoxy) is 1.